The molecule has 3 rings (SSSR count). The van der Waals surface area contributed by atoms with E-state index in [-0.39, 0.29) is 16.6 Å². The molecule has 1 fully saturated rings. The fourth-order valence-electron chi connectivity index (χ4n) is 3.01. The molecule has 25 heavy (non-hydrogen) atoms. The monoisotopic (exact) mass is 362 g/mol. The number of hydrogen-bond acceptors (Lipinski definition) is 3. The maximum Gasteiger partial charge on any atom is 0.245 e. The van der Waals surface area contributed by atoms with Gasteiger partial charge in [-0.05, 0) is 67.8 Å². The highest BCUT2D eigenvalue weighted by Crippen LogP contribution is 2.23. The number of nitrogens with one attached hydrogen (secondary N) is 1. The Kier molecular flexibility index (Phi) is 4.62. The predicted molar refractivity (Wildman–Crippen MR) is 93.4 cm³/mol. The van der Waals surface area contributed by atoms with Gasteiger partial charge in [0.15, 0.2) is 0 Å². The molecule has 2 aromatic carbocycles. The van der Waals surface area contributed by atoms with E-state index in [1.165, 1.54) is 29.2 Å². The molecule has 1 N–H and O–H groups in total. The average molecular weight is 362 g/mol. The number of hydrogen-bond donors (Lipinski definition) is 1. The highest BCUT2D eigenvalue weighted by atomic mass is 32.2. The largest absolute Gasteiger partial charge is 0.311 e. The van der Waals surface area contributed by atoms with E-state index in [0.717, 1.165) is 11.1 Å². The van der Waals surface area contributed by atoms with E-state index in [0.29, 0.717) is 18.7 Å². The van der Waals surface area contributed by atoms with E-state index >= 15 is 0 Å². The zero-order valence-electron chi connectivity index (χ0n) is 14.0. The first-order chi connectivity index (χ1) is 11.8. The van der Waals surface area contributed by atoms with Crippen LogP contribution in [0.5, 0.6) is 0 Å². The molecule has 0 aromatic heterocycles. The number of carbonyl (C=O) groups excluding carboxylic acids is 1. The van der Waals surface area contributed by atoms with Gasteiger partial charge in [-0.15, -0.1) is 0 Å². The van der Waals surface area contributed by atoms with Crippen molar-refractivity contribution in [3.63, 3.8) is 0 Å². The second-order valence-corrected chi connectivity index (χ2v) is 7.97. The van der Waals surface area contributed by atoms with E-state index in [9.17, 15) is 17.6 Å². The number of benzene rings is 2. The van der Waals surface area contributed by atoms with Gasteiger partial charge in [0.25, 0.3) is 0 Å². The van der Waals surface area contributed by atoms with Crippen LogP contribution in [0.15, 0.2) is 47.4 Å². The molecule has 1 aliphatic heterocycles. The van der Waals surface area contributed by atoms with Gasteiger partial charge in [-0.25, -0.2) is 12.8 Å². The summed E-state index contributed by atoms with van der Waals surface area (Å²) in [6.07, 6.45) is 0.361. The van der Waals surface area contributed by atoms with E-state index < -0.39 is 16.1 Å². The number of carbonyl (C=O) groups is 1. The molecule has 0 spiro atoms. The molecule has 2 aromatic rings. The van der Waals surface area contributed by atoms with Gasteiger partial charge in [-0.1, -0.05) is 6.07 Å². The number of halogens is 1. The molecular formula is C18H19FN2O3S. The summed E-state index contributed by atoms with van der Waals surface area (Å²) in [6, 6.07) is 9.78. The van der Waals surface area contributed by atoms with Crippen molar-refractivity contribution in [3.8, 4) is 0 Å². The lowest BCUT2D eigenvalue weighted by Gasteiger charge is -2.17. The quantitative estimate of drug-likeness (QED) is 0.909. The van der Waals surface area contributed by atoms with Crippen molar-refractivity contribution in [3.05, 3.63) is 59.4 Å². The lowest BCUT2D eigenvalue weighted by atomic mass is 10.2. The van der Waals surface area contributed by atoms with Crippen LogP contribution in [0.4, 0.5) is 10.1 Å². The van der Waals surface area contributed by atoms with Gasteiger partial charge in [0.05, 0.1) is 4.90 Å². The van der Waals surface area contributed by atoms with Crippen LogP contribution >= 0.6 is 0 Å². The Balaban J connectivity index is 1.79. The highest BCUT2D eigenvalue weighted by Gasteiger charge is 2.35. The van der Waals surface area contributed by atoms with Gasteiger partial charge >= 0.3 is 0 Å². The Morgan fingerprint density at radius 2 is 1.68 bits per heavy atom. The van der Waals surface area contributed by atoms with Crippen LogP contribution in [0.25, 0.3) is 0 Å². The van der Waals surface area contributed by atoms with Gasteiger partial charge in [-0.2, -0.15) is 4.72 Å². The summed E-state index contributed by atoms with van der Waals surface area (Å²) < 4.78 is 40.7. The van der Waals surface area contributed by atoms with Gasteiger partial charge in [-0.3, -0.25) is 4.79 Å². The molecule has 0 aliphatic carbocycles. The molecule has 1 atom stereocenters. The predicted octanol–water partition coefficient (Wildman–Crippen LogP) is 2.53. The van der Waals surface area contributed by atoms with E-state index in [1.807, 2.05) is 19.9 Å². The SMILES string of the molecule is Cc1cc(C)cc(S(=O)(=O)NC2CCN(c3ccc(F)cc3)C2=O)c1. The molecule has 5 nitrogen and oxygen atoms in total. The highest BCUT2D eigenvalue weighted by molar-refractivity contribution is 7.89. The smallest absolute Gasteiger partial charge is 0.245 e. The van der Waals surface area contributed by atoms with Crippen LogP contribution in [-0.4, -0.2) is 26.9 Å². The van der Waals surface area contributed by atoms with Crippen LogP contribution in [-0.2, 0) is 14.8 Å². The average Bonchev–Trinajstić information content (AvgIpc) is 2.88. The van der Waals surface area contributed by atoms with Crippen molar-refractivity contribution < 1.29 is 17.6 Å². The van der Waals surface area contributed by atoms with E-state index in [1.54, 1.807) is 12.1 Å². The third-order valence-corrected chi connectivity index (χ3v) is 5.60. The molecule has 0 radical (unpaired) electrons. The van der Waals surface area contributed by atoms with Gasteiger partial charge in [0, 0.05) is 12.2 Å². The maximum atomic E-state index is 13.0. The third kappa shape index (κ3) is 3.72. The zero-order chi connectivity index (χ0) is 18.2. The molecule has 1 aliphatic rings. The van der Waals surface area contributed by atoms with E-state index in [2.05, 4.69) is 4.72 Å². The van der Waals surface area contributed by atoms with Crippen molar-refractivity contribution >= 4 is 21.6 Å². The number of anilines is 1. The molecule has 7 heteroatoms. The zero-order valence-corrected chi connectivity index (χ0v) is 14.8. The molecule has 1 heterocycles. The van der Waals surface area contributed by atoms with Crippen molar-refractivity contribution in [2.24, 2.45) is 0 Å². The summed E-state index contributed by atoms with van der Waals surface area (Å²) in [4.78, 5) is 14.2. The molecule has 132 valence electrons. The van der Waals surface area contributed by atoms with Crippen molar-refractivity contribution in [2.75, 3.05) is 11.4 Å². The molecular weight excluding hydrogens is 343 g/mol. The topological polar surface area (TPSA) is 66.5 Å². The lowest BCUT2D eigenvalue weighted by Crippen LogP contribution is -2.41. The molecule has 0 saturated carbocycles. The lowest BCUT2D eigenvalue weighted by molar-refractivity contribution is -0.118. The van der Waals surface area contributed by atoms with Gasteiger partial charge in [0.2, 0.25) is 15.9 Å². The van der Waals surface area contributed by atoms with Gasteiger partial charge in [0.1, 0.15) is 11.9 Å². The Labute approximate surface area is 146 Å². The number of nitrogens with zero attached hydrogens (tertiary/aromatic N) is 1. The van der Waals surface area contributed by atoms with Crippen LogP contribution in [0.1, 0.15) is 17.5 Å². The Hall–Kier alpha value is -2.25. The maximum absolute atomic E-state index is 13.0. The van der Waals surface area contributed by atoms with Crippen molar-refractivity contribution in [2.45, 2.75) is 31.2 Å². The second kappa shape index (κ2) is 6.57. The summed E-state index contributed by atoms with van der Waals surface area (Å²) in [5.74, 6) is -0.720. The standard InChI is InChI=1S/C18H19FN2O3S/c1-12-9-13(2)11-16(10-12)25(23,24)20-17-7-8-21(18(17)22)15-5-3-14(19)4-6-15/h3-6,9-11,17,20H,7-8H2,1-2H3. The minimum absolute atomic E-state index is 0.151. The Morgan fingerprint density at radius 1 is 1.08 bits per heavy atom. The first-order valence-corrected chi connectivity index (χ1v) is 9.42. The summed E-state index contributed by atoms with van der Waals surface area (Å²) in [6.45, 7) is 4.02. The molecule has 1 unspecified atom stereocenters. The first-order valence-electron chi connectivity index (χ1n) is 7.94. The fourth-order valence-corrected chi connectivity index (χ4v) is 4.42. The van der Waals surface area contributed by atoms with Crippen LogP contribution in [0.2, 0.25) is 0 Å². The summed E-state index contributed by atoms with van der Waals surface area (Å²) in [5, 5.41) is 0. The van der Waals surface area contributed by atoms with Crippen molar-refractivity contribution in [1.82, 2.24) is 4.72 Å². The Morgan fingerprint density at radius 3 is 2.28 bits per heavy atom. The Bertz CT molecular complexity index is 890. The van der Waals surface area contributed by atoms with Crippen molar-refractivity contribution in [1.29, 1.82) is 0 Å². The fraction of sp³-hybridized carbons (Fsp3) is 0.278. The normalized spacial score (nSPS) is 18.0. The number of aryl methyl sites for hydroxylation is 2. The molecule has 0 bridgehead atoms. The number of sulfonamides is 1. The van der Waals surface area contributed by atoms with Crippen LogP contribution < -0.4 is 9.62 Å². The van der Waals surface area contributed by atoms with Crippen LogP contribution in [0, 0.1) is 19.7 Å². The summed E-state index contributed by atoms with van der Waals surface area (Å²) in [7, 11) is -3.79. The minimum Gasteiger partial charge on any atom is -0.311 e. The third-order valence-electron chi connectivity index (χ3n) is 4.15. The summed E-state index contributed by atoms with van der Waals surface area (Å²) >= 11 is 0. The minimum atomic E-state index is -3.79. The number of rotatable bonds is 4. The first kappa shape index (κ1) is 17.6. The molecule has 1 amide bonds. The van der Waals surface area contributed by atoms with Gasteiger partial charge < -0.3 is 4.90 Å². The summed E-state index contributed by atoms with van der Waals surface area (Å²) in [5.41, 5.74) is 2.23. The second-order valence-electron chi connectivity index (χ2n) is 6.25. The van der Waals surface area contributed by atoms with E-state index in [4.69, 9.17) is 0 Å². The van der Waals surface area contributed by atoms with Crippen LogP contribution in [0.3, 0.4) is 0 Å². The number of amides is 1. The molecule has 1 saturated heterocycles.